The molecule has 64 valence electrons. The summed E-state index contributed by atoms with van der Waals surface area (Å²) < 4.78 is 0. The summed E-state index contributed by atoms with van der Waals surface area (Å²) in [7, 11) is 0. The quantitative estimate of drug-likeness (QED) is 0.614. The van der Waals surface area contributed by atoms with E-state index in [1.807, 2.05) is 0 Å². The van der Waals surface area contributed by atoms with Gasteiger partial charge in [-0.25, -0.2) is 0 Å². The Morgan fingerprint density at radius 3 is 2.45 bits per heavy atom. The van der Waals surface area contributed by atoms with E-state index in [0.29, 0.717) is 11.8 Å². The van der Waals surface area contributed by atoms with E-state index < -0.39 is 0 Å². The van der Waals surface area contributed by atoms with Crippen molar-refractivity contribution >= 4 is 0 Å². The van der Waals surface area contributed by atoms with Gasteiger partial charge in [0.2, 0.25) is 0 Å². The Hall–Kier alpha value is -0.0400. The van der Waals surface area contributed by atoms with Crippen molar-refractivity contribution in [3.63, 3.8) is 0 Å². The SMILES string of the molecule is CCC1C(O)C2CCCCC12. The summed E-state index contributed by atoms with van der Waals surface area (Å²) in [6.07, 6.45) is 6.69. The molecule has 0 spiro atoms. The van der Waals surface area contributed by atoms with Gasteiger partial charge in [-0.3, -0.25) is 0 Å². The highest BCUT2D eigenvalue weighted by Gasteiger charge is 2.48. The molecule has 2 rings (SSSR count). The third kappa shape index (κ3) is 1.01. The van der Waals surface area contributed by atoms with Crippen LogP contribution in [0.2, 0.25) is 0 Å². The van der Waals surface area contributed by atoms with E-state index in [0.717, 1.165) is 5.92 Å². The van der Waals surface area contributed by atoms with Gasteiger partial charge in [-0.05, 0) is 30.6 Å². The molecule has 2 fully saturated rings. The van der Waals surface area contributed by atoms with E-state index in [1.54, 1.807) is 0 Å². The molecule has 0 radical (unpaired) electrons. The fraction of sp³-hybridized carbons (Fsp3) is 1.00. The molecular weight excluding hydrogens is 136 g/mol. The lowest BCUT2D eigenvalue weighted by Crippen LogP contribution is -2.52. The van der Waals surface area contributed by atoms with Crippen LogP contribution in [-0.2, 0) is 0 Å². The maximum atomic E-state index is 9.70. The van der Waals surface area contributed by atoms with E-state index in [2.05, 4.69) is 6.92 Å². The van der Waals surface area contributed by atoms with Crippen LogP contribution in [0, 0.1) is 17.8 Å². The highest BCUT2D eigenvalue weighted by molar-refractivity contribution is 4.98. The summed E-state index contributed by atoms with van der Waals surface area (Å²) in [5, 5.41) is 9.70. The van der Waals surface area contributed by atoms with E-state index in [4.69, 9.17) is 0 Å². The minimum Gasteiger partial charge on any atom is -0.393 e. The lowest BCUT2D eigenvalue weighted by atomic mass is 9.56. The van der Waals surface area contributed by atoms with Gasteiger partial charge in [-0.2, -0.15) is 0 Å². The van der Waals surface area contributed by atoms with Crippen molar-refractivity contribution in [2.75, 3.05) is 0 Å². The second kappa shape index (κ2) is 2.78. The number of fused-ring (bicyclic) bond motifs is 1. The Morgan fingerprint density at radius 2 is 1.82 bits per heavy atom. The van der Waals surface area contributed by atoms with Crippen LogP contribution in [0.4, 0.5) is 0 Å². The number of aliphatic hydroxyl groups excluding tert-OH is 1. The summed E-state index contributed by atoms with van der Waals surface area (Å²) in [5.41, 5.74) is 0. The zero-order valence-corrected chi connectivity index (χ0v) is 7.29. The molecule has 1 nitrogen and oxygen atoms in total. The van der Waals surface area contributed by atoms with E-state index >= 15 is 0 Å². The van der Waals surface area contributed by atoms with Crippen molar-refractivity contribution in [2.24, 2.45) is 17.8 Å². The van der Waals surface area contributed by atoms with E-state index in [1.165, 1.54) is 32.1 Å². The molecule has 4 atom stereocenters. The van der Waals surface area contributed by atoms with Crippen LogP contribution in [-0.4, -0.2) is 11.2 Å². The number of hydrogen-bond donors (Lipinski definition) is 1. The molecule has 1 N–H and O–H groups in total. The van der Waals surface area contributed by atoms with E-state index in [9.17, 15) is 5.11 Å². The van der Waals surface area contributed by atoms with Crippen LogP contribution in [0.5, 0.6) is 0 Å². The zero-order valence-electron chi connectivity index (χ0n) is 7.29. The molecule has 4 unspecified atom stereocenters. The minimum absolute atomic E-state index is 0.0605. The Bertz CT molecular complexity index is 138. The van der Waals surface area contributed by atoms with Crippen LogP contribution in [0.1, 0.15) is 39.0 Å². The molecule has 0 aromatic heterocycles. The molecule has 0 aliphatic heterocycles. The Kier molecular flexibility index (Phi) is 1.92. The predicted molar refractivity (Wildman–Crippen MR) is 45.2 cm³/mol. The van der Waals surface area contributed by atoms with Crippen molar-refractivity contribution in [3.05, 3.63) is 0 Å². The van der Waals surface area contributed by atoms with Gasteiger partial charge in [0.25, 0.3) is 0 Å². The molecule has 0 heterocycles. The lowest BCUT2D eigenvalue weighted by molar-refractivity contribution is -0.121. The average molecular weight is 154 g/mol. The Balaban J connectivity index is 1.97. The van der Waals surface area contributed by atoms with E-state index in [-0.39, 0.29) is 6.10 Å². The number of hydrogen-bond acceptors (Lipinski definition) is 1. The molecule has 11 heavy (non-hydrogen) atoms. The Labute approximate surface area is 68.8 Å². The smallest absolute Gasteiger partial charge is 0.0601 e. The summed E-state index contributed by atoms with van der Waals surface area (Å²) in [4.78, 5) is 0. The second-order valence-electron chi connectivity index (χ2n) is 4.17. The zero-order chi connectivity index (χ0) is 7.84. The van der Waals surface area contributed by atoms with Gasteiger partial charge in [0.1, 0.15) is 0 Å². The molecule has 2 saturated carbocycles. The van der Waals surface area contributed by atoms with Gasteiger partial charge < -0.3 is 5.11 Å². The molecular formula is C10H18O. The van der Waals surface area contributed by atoms with Gasteiger partial charge in [0, 0.05) is 0 Å². The fourth-order valence-electron chi connectivity index (χ4n) is 3.11. The van der Waals surface area contributed by atoms with Crippen molar-refractivity contribution in [1.82, 2.24) is 0 Å². The molecule has 0 aromatic rings. The topological polar surface area (TPSA) is 20.2 Å². The summed E-state index contributed by atoms with van der Waals surface area (Å²) in [5.74, 6) is 2.23. The first kappa shape index (κ1) is 7.60. The number of rotatable bonds is 1. The van der Waals surface area contributed by atoms with Gasteiger partial charge in [0.15, 0.2) is 0 Å². The van der Waals surface area contributed by atoms with Gasteiger partial charge in [-0.1, -0.05) is 26.2 Å². The molecule has 0 amide bonds. The molecule has 0 aromatic carbocycles. The monoisotopic (exact) mass is 154 g/mol. The first-order valence-electron chi connectivity index (χ1n) is 5.02. The fourth-order valence-corrected chi connectivity index (χ4v) is 3.11. The van der Waals surface area contributed by atoms with Crippen molar-refractivity contribution in [2.45, 2.75) is 45.1 Å². The summed E-state index contributed by atoms with van der Waals surface area (Å²) in [6.45, 7) is 2.21. The van der Waals surface area contributed by atoms with Gasteiger partial charge >= 0.3 is 0 Å². The third-order valence-corrected chi connectivity index (χ3v) is 3.77. The minimum atomic E-state index is 0.0605. The standard InChI is InChI=1S/C10H18O/c1-2-7-8-5-3-4-6-9(8)10(7)11/h7-11H,2-6H2,1H3. The maximum absolute atomic E-state index is 9.70. The van der Waals surface area contributed by atoms with Gasteiger partial charge in [-0.15, -0.1) is 0 Å². The molecule has 2 aliphatic rings. The molecule has 0 bridgehead atoms. The summed E-state index contributed by atoms with van der Waals surface area (Å²) in [6, 6.07) is 0. The highest BCUT2D eigenvalue weighted by Crippen LogP contribution is 2.50. The largest absolute Gasteiger partial charge is 0.393 e. The van der Waals surface area contributed by atoms with Crippen LogP contribution in [0.3, 0.4) is 0 Å². The number of aliphatic hydroxyl groups is 1. The van der Waals surface area contributed by atoms with Crippen molar-refractivity contribution in [3.8, 4) is 0 Å². The maximum Gasteiger partial charge on any atom is 0.0601 e. The van der Waals surface area contributed by atoms with Crippen LogP contribution in [0.15, 0.2) is 0 Å². The molecule has 0 saturated heterocycles. The third-order valence-electron chi connectivity index (χ3n) is 3.77. The van der Waals surface area contributed by atoms with Gasteiger partial charge in [0.05, 0.1) is 6.10 Å². The van der Waals surface area contributed by atoms with Crippen molar-refractivity contribution in [1.29, 1.82) is 0 Å². The highest BCUT2D eigenvalue weighted by atomic mass is 16.3. The van der Waals surface area contributed by atoms with Crippen molar-refractivity contribution < 1.29 is 5.11 Å². The molecule has 2 aliphatic carbocycles. The first-order valence-corrected chi connectivity index (χ1v) is 5.02. The van der Waals surface area contributed by atoms with Crippen LogP contribution in [0.25, 0.3) is 0 Å². The van der Waals surface area contributed by atoms with Crippen LogP contribution >= 0.6 is 0 Å². The average Bonchev–Trinajstić information content (AvgIpc) is 2.05. The predicted octanol–water partition coefficient (Wildman–Crippen LogP) is 2.19. The second-order valence-corrected chi connectivity index (χ2v) is 4.17. The molecule has 1 heteroatoms. The Morgan fingerprint density at radius 1 is 1.18 bits per heavy atom. The van der Waals surface area contributed by atoms with Crippen LogP contribution < -0.4 is 0 Å². The normalized spacial score (nSPS) is 49.6. The lowest BCUT2D eigenvalue weighted by Gasteiger charge is -2.52. The summed E-state index contributed by atoms with van der Waals surface area (Å²) >= 11 is 0. The first-order chi connectivity index (χ1) is 5.34.